The van der Waals surface area contributed by atoms with E-state index in [1.165, 1.54) is 0 Å². The van der Waals surface area contributed by atoms with E-state index >= 15 is 0 Å². The van der Waals surface area contributed by atoms with Gasteiger partial charge in [-0.1, -0.05) is 24.3 Å². The van der Waals surface area contributed by atoms with Crippen molar-refractivity contribution in [2.45, 2.75) is 25.3 Å². The molecule has 1 aromatic carbocycles. The molecule has 3 aromatic rings. The van der Waals surface area contributed by atoms with E-state index in [0.29, 0.717) is 31.6 Å². The molecule has 2 aromatic heterocycles. The molecule has 0 saturated carbocycles. The van der Waals surface area contributed by atoms with Gasteiger partial charge in [0.1, 0.15) is 5.75 Å². The summed E-state index contributed by atoms with van der Waals surface area (Å²) in [6, 6.07) is 14.8. The lowest BCUT2D eigenvalue weighted by atomic mass is 9.95. The Hall–Kier alpha value is -3.01. The van der Waals surface area contributed by atoms with Crippen molar-refractivity contribution in [1.29, 1.82) is 0 Å². The van der Waals surface area contributed by atoms with Crippen molar-refractivity contribution in [2.75, 3.05) is 25.0 Å². The van der Waals surface area contributed by atoms with E-state index in [9.17, 15) is 14.7 Å². The van der Waals surface area contributed by atoms with E-state index in [0.717, 1.165) is 21.9 Å². The fourth-order valence-electron chi connectivity index (χ4n) is 4.47. The van der Waals surface area contributed by atoms with Gasteiger partial charge in [-0.05, 0) is 61.0 Å². The molecular weight excluding hydrogens is 468 g/mol. The number of amides is 2. The van der Waals surface area contributed by atoms with Crippen LogP contribution in [0, 0.1) is 5.92 Å². The molecule has 0 radical (unpaired) electrons. The number of rotatable bonds is 6. The highest BCUT2D eigenvalue weighted by atomic mass is 32.1. The minimum absolute atomic E-state index is 0.0120. The van der Waals surface area contributed by atoms with E-state index in [-0.39, 0.29) is 36.1 Å². The molecule has 9 heteroatoms. The molecule has 0 bridgehead atoms. The largest absolute Gasteiger partial charge is 0.506 e. The van der Waals surface area contributed by atoms with Gasteiger partial charge in [-0.25, -0.2) is 5.01 Å². The number of benzene rings is 1. The number of hydrazone groups is 1. The van der Waals surface area contributed by atoms with Crippen molar-refractivity contribution in [2.24, 2.45) is 11.0 Å². The first kappa shape index (κ1) is 22.8. The predicted molar refractivity (Wildman–Crippen MR) is 135 cm³/mol. The minimum atomic E-state index is -0.139. The molecule has 0 aliphatic carbocycles. The number of carbonyl (C=O) groups is 2. The summed E-state index contributed by atoms with van der Waals surface area (Å²) in [5.74, 6) is -0.177. The van der Waals surface area contributed by atoms with Gasteiger partial charge in [-0.2, -0.15) is 5.10 Å². The maximum absolute atomic E-state index is 13.3. The number of likely N-dealkylation sites (tertiary alicyclic amines) is 1. The molecule has 2 amide bonds. The van der Waals surface area contributed by atoms with Crippen LogP contribution in [-0.4, -0.2) is 52.2 Å². The summed E-state index contributed by atoms with van der Waals surface area (Å²) in [4.78, 5) is 30.3. The quantitative estimate of drug-likeness (QED) is 0.493. The molecule has 0 unspecified atom stereocenters. The van der Waals surface area contributed by atoms with Crippen molar-refractivity contribution in [1.82, 2.24) is 9.91 Å². The number of phenolic OH excluding ortho intramolecular Hbond substituents is 1. The molecule has 7 nitrogen and oxygen atoms in total. The second-order valence-corrected chi connectivity index (χ2v) is 10.5. The van der Waals surface area contributed by atoms with Crippen LogP contribution in [0.15, 0.2) is 64.4 Å². The molecule has 0 spiro atoms. The number of hydrogen-bond acceptors (Lipinski definition) is 7. The summed E-state index contributed by atoms with van der Waals surface area (Å²) < 4.78 is 0. The van der Waals surface area contributed by atoms with Crippen LogP contribution in [0.3, 0.4) is 0 Å². The number of carbonyl (C=O) groups excluding carboxylic acids is 2. The monoisotopic (exact) mass is 494 g/mol. The summed E-state index contributed by atoms with van der Waals surface area (Å²) >= 11 is 3.30. The highest BCUT2D eigenvalue weighted by molar-refractivity contribution is 7.12. The van der Waals surface area contributed by atoms with Gasteiger partial charge >= 0.3 is 0 Å². The Morgan fingerprint density at radius 2 is 1.79 bits per heavy atom. The van der Waals surface area contributed by atoms with Crippen LogP contribution in [0.5, 0.6) is 5.75 Å². The van der Waals surface area contributed by atoms with Crippen LogP contribution in [-0.2, 0) is 9.59 Å². The Bertz CT molecular complexity index is 1170. The summed E-state index contributed by atoms with van der Waals surface area (Å²) in [5.41, 5.74) is 1.39. The average Bonchev–Trinajstić information content (AvgIpc) is 3.62. The number of hydrogen-bond donors (Lipinski definition) is 2. The van der Waals surface area contributed by atoms with E-state index in [1.54, 1.807) is 51.9 Å². The van der Waals surface area contributed by atoms with Gasteiger partial charge in [-0.15, -0.1) is 22.7 Å². The van der Waals surface area contributed by atoms with Crippen molar-refractivity contribution in [3.05, 3.63) is 69.0 Å². The van der Waals surface area contributed by atoms with E-state index in [4.69, 9.17) is 5.10 Å². The van der Waals surface area contributed by atoms with Gasteiger partial charge in [0.25, 0.3) is 5.91 Å². The highest BCUT2D eigenvalue weighted by Gasteiger charge is 2.35. The number of anilines is 1. The SMILES string of the molecule is O=C(Nc1ccccc1O)C1CCN(CC(=O)N2N=C(c3cccs3)C[C@H]2c2cccs2)CC1. The van der Waals surface area contributed by atoms with Gasteiger partial charge in [0.15, 0.2) is 0 Å². The minimum Gasteiger partial charge on any atom is -0.506 e. The summed E-state index contributed by atoms with van der Waals surface area (Å²) in [7, 11) is 0. The fourth-order valence-corrected chi connectivity index (χ4v) is 6.00. The third-order valence-corrected chi connectivity index (χ3v) is 8.21. The Labute approximate surface area is 206 Å². The third-order valence-electron chi connectivity index (χ3n) is 6.32. The molecule has 1 fully saturated rings. The van der Waals surface area contributed by atoms with Gasteiger partial charge in [0.05, 0.1) is 28.9 Å². The van der Waals surface area contributed by atoms with Crippen LogP contribution in [0.4, 0.5) is 5.69 Å². The molecular formula is C25H26N4O3S2. The zero-order valence-corrected chi connectivity index (χ0v) is 20.2. The number of piperidine rings is 1. The second kappa shape index (κ2) is 10.1. The molecule has 176 valence electrons. The van der Waals surface area contributed by atoms with Gasteiger partial charge < -0.3 is 10.4 Å². The zero-order valence-electron chi connectivity index (χ0n) is 18.6. The van der Waals surface area contributed by atoms with E-state index < -0.39 is 0 Å². The number of thiophene rings is 2. The van der Waals surface area contributed by atoms with Crippen LogP contribution in [0.25, 0.3) is 0 Å². The molecule has 34 heavy (non-hydrogen) atoms. The lowest BCUT2D eigenvalue weighted by molar-refractivity contribution is -0.134. The molecule has 1 atom stereocenters. The topological polar surface area (TPSA) is 85.2 Å². The summed E-state index contributed by atoms with van der Waals surface area (Å²) in [5, 5.41) is 23.2. The molecule has 5 rings (SSSR count). The lowest BCUT2D eigenvalue weighted by Gasteiger charge is -2.32. The molecule has 4 heterocycles. The van der Waals surface area contributed by atoms with Gasteiger partial charge in [-0.3, -0.25) is 14.5 Å². The molecule has 2 aliphatic heterocycles. The number of aromatic hydroxyl groups is 1. The summed E-state index contributed by atoms with van der Waals surface area (Å²) in [6.45, 7) is 1.63. The lowest BCUT2D eigenvalue weighted by Crippen LogP contribution is -2.43. The standard InChI is InChI=1S/C25H26N4O3S2/c30-21-6-2-1-5-18(21)26-25(32)17-9-11-28(12-10-17)16-24(31)29-20(23-8-4-14-34-23)15-19(27-29)22-7-3-13-33-22/h1-8,13-14,17,20,30H,9-12,15-16H2,(H,26,32)/t20-/m0/s1. The fraction of sp³-hybridized carbons (Fsp3) is 0.320. The smallest absolute Gasteiger partial charge is 0.257 e. The third kappa shape index (κ3) is 4.91. The van der Waals surface area contributed by atoms with E-state index in [2.05, 4.69) is 16.3 Å². The average molecular weight is 495 g/mol. The Morgan fingerprint density at radius 3 is 2.50 bits per heavy atom. The maximum atomic E-state index is 13.3. The van der Waals surface area contributed by atoms with Crippen molar-refractivity contribution in [3.8, 4) is 5.75 Å². The maximum Gasteiger partial charge on any atom is 0.257 e. The van der Waals surface area contributed by atoms with Crippen LogP contribution in [0.1, 0.15) is 35.1 Å². The van der Waals surface area contributed by atoms with Crippen molar-refractivity contribution < 1.29 is 14.7 Å². The number of phenols is 1. The summed E-state index contributed by atoms with van der Waals surface area (Å²) in [6.07, 6.45) is 2.07. The van der Waals surface area contributed by atoms with Crippen LogP contribution >= 0.6 is 22.7 Å². The van der Waals surface area contributed by atoms with Gasteiger partial charge in [0.2, 0.25) is 5.91 Å². The van der Waals surface area contributed by atoms with Gasteiger partial charge in [0, 0.05) is 17.2 Å². The molecule has 1 saturated heterocycles. The predicted octanol–water partition coefficient (Wildman–Crippen LogP) is 4.54. The number of nitrogens with zero attached hydrogens (tertiary/aromatic N) is 3. The first-order chi connectivity index (χ1) is 16.6. The number of para-hydroxylation sites is 2. The van der Waals surface area contributed by atoms with Crippen molar-refractivity contribution in [3.63, 3.8) is 0 Å². The first-order valence-electron chi connectivity index (χ1n) is 11.4. The zero-order chi connectivity index (χ0) is 23.5. The van der Waals surface area contributed by atoms with Crippen molar-refractivity contribution >= 4 is 45.9 Å². The molecule has 2 aliphatic rings. The second-order valence-electron chi connectivity index (χ2n) is 8.55. The Kier molecular flexibility index (Phi) is 6.75. The van der Waals surface area contributed by atoms with E-state index in [1.807, 2.05) is 29.0 Å². The first-order valence-corrected chi connectivity index (χ1v) is 13.1. The highest BCUT2D eigenvalue weighted by Crippen LogP contribution is 2.36. The Morgan fingerprint density at radius 1 is 1.03 bits per heavy atom. The normalized spacial score (nSPS) is 19.2. The number of nitrogens with one attached hydrogen (secondary N) is 1. The Balaban J connectivity index is 1.19. The molecule has 2 N–H and O–H groups in total. The van der Waals surface area contributed by atoms with Crippen LogP contribution in [0.2, 0.25) is 0 Å². The van der Waals surface area contributed by atoms with Crippen LogP contribution < -0.4 is 5.32 Å².